The van der Waals surface area contributed by atoms with Crippen LogP contribution in [0.15, 0.2) is 78.9 Å². The Bertz CT molecular complexity index is 1720. The lowest BCUT2D eigenvalue weighted by Gasteiger charge is -2.49. The van der Waals surface area contributed by atoms with Crippen LogP contribution in [0.2, 0.25) is 0 Å². The molecule has 3 N–H and O–H groups in total. The molecule has 0 radical (unpaired) electrons. The van der Waals surface area contributed by atoms with Crippen LogP contribution < -0.4 is 33.1 Å². The molecule has 15 heteroatoms. The first-order chi connectivity index (χ1) is 26.0. The number of aromatic nitrogens is 3. The number of nitrogens with one attached hydrogen (secondary N) is 3. The highest BCUT2D eigenvalue weighted by Crippen LogP contribution is 2.42. The van der Waals surface area contributed by atoms with Gasteiger partial charge in [-0.05, 0) is 43.0 Å². The highest BCUT2D eigenvalue weighted by atomic mass is 35.5. The molecule has 0 bridgehead atoms. The number of hydrogen-bond acceptors (Lipinski definition) is 11. The maximum Gasteiger partial charge on any atom is 0.455 e. The van der Waals surface area contributed by atoms with Crippen molar-refractivity contribution in [1.82, 2.24) is 15.0 Å². The quantitative estimate of drug-likeness (QED) is 0.0544. The summed E-state index contributed by atoms with van der Waals surface area (Å²) < 4.78 is 52.1. The van der Waals surface area contributed by atoms with Gasteiger partial charge in [0, 0.05) is 30.6 Å². The Morgan fingerprint density at radius 2 is 1.46 bits per heavy atom. The Morgan fingerprint density at radius 1 is 0.833 bits per heavy atom. The molecule has 3 unspecified atom stereocenters. The van der Waals surface area contributed by atoms with Gasteiger partial charge >= 0.3 is 6.10 Å². The van der Waals surface area contributed by atoms with Crippen LogP contribution in [0.3, 0.4) is 0 Å². The van der Waals surface area contributed by atoms with Crippen molar-refractivity contribution in [2.45, 2.75) is 89.7 Å². The van der Waals surface area contributed by atoms with Gasteiger partial charge < -0.3 is 33.1 Å². The predicted molar refractivity (Wildman–Crippen MR) is 205 cm³/mol. The molecule has 292 valence electrons. The number of quaternary nitrogens is 1. The minimum atomic E-state index is -1.68. The van der Waals surface area contributed by atoms with Gasteiger partial charge in [0.2, 0.25) is 17.8 Å². The van der Waals surface area contributed by atoms with Gasteiger partial charge in [-0.3, -0.25) is 14.0 Å². The fourth-order valence-corrected chi connectivity index (χ4v) is 8.05. The van der Waals surface area contributed by atoms with E-state index in [1.807, 2.05) is 60.7 Å². The second-order valence-electron chi connectivity index (χ2n) is 13.7. The average Bonchev–Trinajstić information content (AvgIpc) is 3.45. The Morgan fingerprint density at radius 3 is 2.06 bits per heavy atom. The van der Waals surface area contributed by atoms with Crippen LogP contribution in [0.1, 0.15) is 69.4 Å². The van der Waals surface area contributed by atoms with Crippen molar-refractivity contribution in [3.8, 4) is 5.75 Å². The molecule has 2 aliphatic rings. The van der Waals surface area contributed by atoms with E-state index in [9.17, 15) is 8.96 Å². The van der Waals surface area contributed by atoms with Crippen molar-refractivity contribution in [2.75, 3.05) is 42.7 Å². The summed E-state index contributed by atoms with van der Waals surface area (Å²) >= 11 is 0. The Labute approximate surface area is 324 Å². The molecule has 2 fully saturated rings. The summed E-state index contributed by atoms with van der Waals surface area (Å²) in [5.41, 5.74) is 2.37. The van der Waals surface area contributed by atoms with E-state index in [0.29, 0.717) is 37.2 Å². The first-order valence-corrected chi connectivity index (χ1v) is 19.6. The number of likely N-dealkylation sites (N-methyl/N-ethyl adjacent to an activating group) is 1. The van der Waals surface area contributed by atoms with Crippen molar-refractivity contribution in [1.29, 1.82) is 0 Å². The Kier molecular flexibility index (Phi) is 15.4. The first kappa shape index (κ1) is 41.3. The van der Waals surface area contributed by atoms with Crippen molar-refractivity contribution in [2.24, 2.45) is 0 Å². The van der Waals surface area contributed by atoms with Crippen LogP contribution in [0.5, 0.6) is 5.75 Å². The number of benzene rings is 3. The average molecular weight is 784 g/mol. The summed E-state index contributed by atoms with van der Waals surface area (Å²) in [7, 11) is -0.249. The lowest BCUT2D eigenvalue weighted by atomic mass is 10.1. The van der Waals surface area contributed by atoms with Crippen molar-refractivity contribution in [3.05, 3.63) is 95.8 Å². The number of methoxy groups -OCH3 is 1. The summed E-state index contributed by atoms with van der Waals surface area (Å²) in [6.45, 7) is 4.23. The molecule has 3 aromatic carbocycles. The molecule has 1 aliphatic carbocycles. The standard InChI is InChI=1S/C39H52FN7O5P.ClH/c1-3-47(39(52-53-48,50-27-29-15-8-6-9-16-29)51-28-30-17-10-7-11-18-30)24-14-21-33(47)26-41-36-44-37(42-31-19-12-4-5-13-20-31)46-38(45-36)43-32-22-23-35(49-2)34(40)25-32;/h6-11,15-18,22-23,25,31,33H,3-5,12-14,19-21,24,26-28,53H2,1-2H3,(H3,41,42,43,44,45,46);1H/q+1;/p-1. The third-order valence-electron chi connectivity index (χ3n) is 10.4. The predicted octanol–water partition coefficient (Wildman–Crippen LogP) is 5.05. The SMILES string of the molecule is CC[N+]1(C(OCc2ccccc2)(OCc2ccccc2)O[PH2]=O)CCCC1CNc1nc(Nc2ccc(OC)c(F)c2)nc(NC2CCCCCC2)n1.[Cl-]. The van der Waals surface area contributed by atoms with Gasteiger partial charge in [-0.1, -0.05) is 86.3 Å². The Balaban J connectivity index is 0.00000561. The normalized spacial score (nSPS) is 19.3. The maximum atomic E-state index is 14.6. The molecule has 0 amide bonds. The summed E-state index contributed by atoms with van der Waals surface area (Å²) in [6, 6.07) is 24.5. The van der Waals surface area contributed by atoms with Crippen LogP contribution in [-0.2, 0) is 31.8 Å². The van der Waals surface area contributed by atoms with E-state index in [2.05, 4.69) is 27.9 Å². The van der Waals surface area contributed by atoms with Gasteiger partial charge in [0.05, 0.1) is 40.0 Å². The third-order valence-corrected chi connectivity index (χ3v) is 10.7. The van der Waals surface area contributed by atoms with Gasteiger partial charge in [-0.2, -0.15) is 15.0 Å². The van der Waals surface area contributed by atoms with Crippen molar-refractivity contribution < 1.29 is 44.6 Å². The van der Waals surface area contributed by atoms with Gasteiger partial charge in [-0.25, -0.2) is 13.4 Å². The van der Waals surface area contributed by atoms with E-state index in [1.54, 1.807) is 12.1 Å². The second-order valence-corrected chi connectivity index (χ2v) is 14.1. The summed E-state index contributed by atoms with van der Waals surface area (Å²) in [6.07, 6.45) is 6.89. The molecule has 1 saturated heterocycles. The van der Waals surface area contributed by atoms with E-state index in [-0.39, 0.29) is 53.9 Å². The van der Waals surface area contributed by atoms with E-state index in [4.69, 9.17) is 28.7 Å². The maximum absolute atomic E-state index is 14.6. The second kappa shape index (κ2) is 20.2. The first-order valence-electron chi connectivity index (χ1n) is 18.7. The monoisotopic (exact) mass is 783 g/mol. The topological polar surface area (TPSA) is 129 Å². The highest BCUT2D eigenvalue weighted by Gasteiger charge is 2.61. The summed E-state index contributed by atoms with van der Waals surface area (Å²) in [5, 5.41) is 10.2. The molecule has 3 atom stereocenters. The van der Waals surface area contributed by atoms with Gasteiger partial charge in [0.15, 0.2) is 20.3 Å². The number of rotatable bonds is 18. The van der Waals surface area contributed by atoms with Gasteiger partial charge in [0.1, 0.15) is 6.04 Å². The largest absolute Gasteiger partial charge is 1.00 e. The van der Waals surface area contributed by atoms with Crippen LogP contribution in [0.25, 0.3) is 0 Å². The fourth-order valence-electron chi connectivity index (χ4n) is 7.58. The number of hydrogen-bond donors (Lipinski definition) is 3. The van der Waals surface area contributed by atoms with E-state index in [1.165, 1.54) is 26.0 Å². The third kappa shape index (κ3) is 10.3. The summed E-state index contributed by atoms with van der Waals surface area (Å²) in [5.74, 6) is 0.739. The summed E-state index contributed by atoms with van der Waals surface area (Å²) in [4.78, 5) is 14.2. The molecule has 1 saturated carbocycles. The van der Waals surface area contributed by atoms with Crippen LogP contribution in [0, 0.1) is 5.82 Å². The smallest absolute Gasteiger partial charge is 0.455 e. The highest BCUT2D eigenvalue weighted by molar-refractivity contribution is 7.17. The zero-order chi connectivity index (χ0) is 36.9. The fraction of sp³-hybridized carbons (Fsp3) is 0.462. The number of halogens is 2. The van der Waals surface area contributed by atoms with E-state index in [0.717, 1.165) is 49.7 Å². The zero-order valence-corrected chi connectivity index (χ0v) is 32.9. The molecule has 6 rings (SSSR count). The number of anilines is 4. The lowest BCUT2D eigenvalue weighted by Crippen LogP contribution is -3.00. The van der Waals surface area contributed by atoms with E-state index >= 15 is 0 Å². The van der Waals surface area contributed by atoms with Crippen molar-refractivity contribution in [3.63, 3.8) is 0 Å². The molecule has 12 nitrogen and oxygen atoms in total. The zero-order valence-electron chi connectivity index (χ0n) is 31.0. The molecular formula is C39H52ClFN7O5P. The minimum Gasteiger partial charge on any atom is -1.00 e. The molecule has 1 aliphatic heterocycles. The Hall–Kier alpha value is -3.84. The number of ether oxygens (including phenoxy) is 3. The molecule has 1 aromatic heterocycles. The number of nitrogens with zero attached hydrogens (tertiary/aromatic N) is 4. The molecule has 0 spiro atoms. The molecular weight excluding hydrogens is 732 g/mol. The van der Waals surface area contributed by atoms with Crippen molar-refractivity contribution >= 4 is 32.2 Å². The van der Waals surface area contributed by atoms with Crippen LogP contribution >= 0.6 is 8.69 Å². The molecule has 4 aromatic rings. The van der Waals surface area contributed by atoms with E-state index < -0.39 is 20.6 Å². The number of likely N-dealkylation sites (tertiary alicyclic amines) is 1. The molecule has 2 heterocycles. The van der Waals surface area contributed by atoms with Crippen LogP contribution in [0.4, 0.5) is 27.9 Å². The lowest BCUT2D eigenvalue weighted by molar-refractivity contribution is -1.06. The van der Waals surface area contributed by atoms with Crippen LogP contribution in [-0.4, -0.2) is 64.4 Å². The minimum absolute atomic E-state index is 0. The van der Waals surface area contributed by atoms with Gasteiger partial charge in [-0.15, -0.1) is 0 Å². The van der Waals surface area contributed by atoms with Gasteiger partial charge in [0.25, 0.3) is 0 Å². The molecule has 54 heavy (non-hydrogen) atoms.